The van der Waals surface area contributed by atoms with Crippen LogP contribution in [0.3, 0.4) is 0 Å². The molecule has 1 aromatic heterocycles. The molecule has 0 unspecified atom stereocenters. The minimum atomic E-state index is 0.722. The molecule has 0 saturated carbocycles. The summed E-state index contributed by atoms with van der Waals surface area (Å²) in [4.78, 5) is 8.11. The van der Waals surface area contributed by atoms with E-state index in [2.05, 4.69) is 32.5 Å². The summed E-state index contributed by atoms with van der Waals surface area (Å²) < 4.78 is 0.819. The zero-order valence-electron chi connectivity index (χ0n) is 5.42. The van der Waals surface area contributed by atoms with Crippen molar-refractivity contribution in [1.29, 1.82) is 0 Å². The summed E-state index contributed by atoms with van der Waals surface area (Å²) in [7, 11) is 0. The van der Waals surface area contributed by atoms with Crippen molar-refractivity contribution in [3.05, 3.63) is 35.3 Å². The summed E-state index contributed by atoms with van der Waals surface area (Å²) in [5.41, 5.74) is 0. The van der Waals surface area contributed by atoms with Gasteiger partial charge in [0.05, 0.1) is 0 Å². The van der Waals surface area contributed by atoms with Gasteiger partial charge in [-0.15, -0.1) is 6.58 Å². The highest BCUT2D eigenvalue weighted by molar-refractivity contribution is 9.10. The van der Waals surface area contributed by atoms with E-state index >= 15 is 0 Å². The minimum Gasteiger partial charge on any atom is -0.241 e. The highest BCUT2D eigenvalue weighted by atomic mass is 79.9. The number of hydrogen-bond acceptors (Lipinski definition) is 2. The van der Waals surface area contributed by atoms with Crippen LogP contribution in [0.25, 0.3) is 0 Å². The molecule has 1 heterocycles. The van der Waals surface area contributed by atoms with Crippen molar-refractivity contribution in [1.82, 2.24) is 9.97 Å². The van der Waals surface area contributed by atoms with E-state index in [4.69, 9.17) is 0 Å². The van der Waals surface area contributed by atoms with Gasteiger partial charge in [-0.2, -0.15) is 0 Å². The van der Waals surface area contributed by atoms with Gasteiger partial charge in [0.25, 0.3) is 0 Å². The predicted octanol–water partition coefficient (Wildman–Crippen LogP) is 1.97. The molecule has 0 radical (unpaired) electrons. The molecule has 1 aromatic rings. The Morgan fingerprint density at radius 1 is 1.70 bits per heavy atom. The molecular formula is C7H7BrN2. The second-order valence-electron chi connectivity index (χ2n) is 1.79. The van der Waals surface area contributed by atoms with Crippen LogP contribution in [0.4, 0.5) is 0 Å². The Labute approximate surface area is 68.1 Å². The first-order valence-corrected chi connectivity index (χ1v) is 3.70. The monoisotopic (exact) mass is 198 g/mol. The molecule has 10 heavy (non-hydrogen) atoms. The standard InChI is InChI=1S/C7H7BrN2/c1-2-3-7-9-5-4-6(8)10-7/h2,4-5H,1,3H2. The lowest BCUT2D eigenvalue weighted by Crippen LogP contribution is -1.91. The van der Waals surface area contributed by atoms with Gasteiger partial charge in [0.15, 0.2) is 0 Å². The smallest absolute Gasteiger partial charge is 0.133 e. The molecule has 52 valence electrons. The van der Waals surface area contributed by atoms with Crippen LogP contribution in [-0.4, -0.2) is 9.97 Å². The van der Waals surface area contributed by atoms with Crippen molar-refractivity contribution < 1.29 is 0 Å². The first-order valence-electron chi connectivity index (χ1n) is 2.91. The summed E-state index contributed by atoms with van der Waals surface area (Å²) in [6, 6.07) is 1.80. The van der Waals surface area contributed by atoms with E-state index in [0.717, 1.165) is 16.8 Å². The topological polar surface area (TPSA) is 25.8 Å². The summed E-state index contributed by atoms with van der Waals surface area (Å²) in [5, 5.41) is 0. The van der Waals surface area contributed by atoms with Crippen LogP contribution in [-0.2, 0) is 6.42 Å². The third-order valence-electron chi connectivity index (χ3n) is 0.998. The van der Waals surface area contributed by atoms with E-state index in [1.54, 1.807) is 18.3 Å². The molecule has 0 amide bonds. The van der Waals surface area contributed by atoms with Crippen molar-refractivity contribution in [3.63, 3.8) is 0 Å². The molecule has 2 nitrogen and oxygen atoms in total. The van der Waals surface area contributed by atoms with Gasteiger partial charge in [0.1, 0.15) is 10.4 Å². The highest BCUT2D eigenvalue weighted by Gasteiger charge is 1.91. The van der Waals surface area contributed by atoms with Crippen molar-refractivity contribution in [2.24, 2.45) is 0 Å². The molecule has 0 atom stereocenters. The fraction of sp³-hybridized carbons (Fsp3) is 0.143. The highest BCUT2D eigenvalue weighted by Crippen LogP contribution is 2.03. The number of halogens is 1. The van der Waals surface area contributed by atoms with Crippen LogP contribution < -0.4 is 0 Å². The van der Waals surface area contributed by atoms with Gasteiger partial charge in [0, 0.05) is 12.6 Å². The molecular weight excluding hydrogens is 192 g/mol. The van der Waals surface area contributed by atoms with Gasteiger partial charge in [-0.1, -0.05) is 6.08 Å². The van der Waals surface area contributed by atoms with Crippen LogP contribution in [0.2, 0.25) is 0 Å². The normalized spacial score (nSPS) is 9.30. The van der Waals surface area contributed by atoms with E-state index in [-0.39, 0.29) is 0 Å². The molecule has 0 aliphatic carbocycles. The third kappa shape index (κ3) is 1.92. The van der Waals surface area contributed by atoms with Gasteiger partial charge in [0.2, 0.25) is 0 Å². The van der Waals surface area contributed by atoms with Crippen molar-refractivity contribution in [2.75, 3.05) is 0 Å². The number of rotatable bonds is 2. The van der Waals surface area contributed by atoms with Gasteiger partial charge in [-0.3, -0.25) is 0 Å². The Morgan fingerprint density at radius 3 is 3.10 bits per heavy atom. The molecule has 0 fully saturated rings. The first-order chi connectivity index (χ1) is 4.83. The summed E-state index contributed by atoms with van der Waals surface area (Å²) in [6.07, 6.45) is 4.22. The maximum absolute atomic E-state index is 4.10. The van der Waals surface area contributed by atoms with E-state index < -0.39 is 0 Å². The zero-order valence-corrected chi connectivity index (χ0v) is 7.00. The molecule has 0 bridgehead atoms. The lowest BCUT2D eigenvalue weighted by molar-refractivity contribution is 0.975. The van der Waals surface area contributed by atoms with E-state index in [9.17, 15) is 0 Å². The SMILES string of the molecule is C=CCc1nccc(Br)n1. The zero-order chi connectivity index (χ0) is 7.40. The maximum atomic E-state index is 4.10. The van der Waals surface area contributed by atoms with Crippen molar-refractivity contribution in [2.45, 2.75) is 6.42 Å². The van der Waals surface area contributed by atoms with E-state index in [0.29, 0.717) is 0 Å². The molecule has 3 heteroatoms. The summed E-state index contributed by atoms with van der Waals surface area (Å²) in [5.74, 6) is 0.796. The minimum absolute atomic E-state index is 0.722. The lowest BCUT2D eigenvalue weighted by Gasteiger charge is -1.93. The summed E-state index contributed by atoms with van der Waals surface area (Å²) in [6.45, 7) is 3.59. The van der Waals surface area contributed by atoms with Gasteiger partial charge in [-0.25, -0.2) is 9.97 Å². The number of aromatic nitrogens is 2. The summed E-state index contributed by atoms with van der Waals surface area (Å²) >= 11 is 3.25. The molecule has 0 N–H and O–H groups in total. The molecule has 0 spiro atoms. The average molecular weight is 199 g/mol. The maximum Gasteiger partial charge on any atom is 0.133 e. The quantitative estimate of drug-likeness (QED) is 0.537. The van der Waals surface area contributed by atoms with Crippen LogP contribution in [0.1, 0.15) is 5.82 Å². The van der Waals surface area contributed by atoms with Crippen LogP contribution in [0, 0.1) is 0 Å². The Bertz CT molecular complexity index is 235. The Balaban J connectivity index is 2.84. The van der Waals surface area contributed by atoms with Gasteiger partial charge in [-0.05, 0) is 22.0 Å². The van der Waals surface area contributed by atoms with Crippen molar-refractivity contribution >= 4 is 15.9 Å². The van der Waals surface area contributed by atoms with Crippen LogP contribution >= 0.6 is 15.9 Å². The molecule has 0 aliphatic rings. The van der Waals surface area contributed by atoms with E-state index in [1.165, 1.54) is 0 Å². The van der Waals surface area contributed by atoms with Gasteiger partial charge >= 0.3 is 0 Å². The van der Waals surface area contributed by atoms with Crippen LogP contribution in [0.5, 0.6) is 0 Å². The predicted molar refractivity (Wildman–Crippen MR) is 43.6 cm³/mol. The Kier molecular flexibility index (Phi) is 2.57. The molecule has 1 rings (SSSR count). The molecule has 0 aromatic carbocycles. The molecule has 0 aliphatic heterocycles. The number of allylic oxidation sites excluding steroid dienone is 1. The second-order valence-corrected chi connectivity index (χ2v) is 2.60. The lowest BCUT2D eigenvalue weighted by atomic mass is 10.4. The largest absolute Gasteiger partial charge is 0.241 e. The fourth-order valence-corrected chi connectivity index (χ4v) is 0.925. The van der Waals surface area contributed by atoms with E-state index in [1.807, 2.05) is 0 Å². The first kappa shape index (κ1) is 7.41. The van der Waals surface area contributed by atoms with Gasteiger partial charge < -0.3 is 0 Å². The Hall–Kier alpha value is -0.700. The average Bonchev–Trinajstić information content (AvgIpc) is 1.88. The Morgan fingerprint density at radius 2 is 2.50 bits per heavy atom. The number of hydrogen-bond donors (Lipinski definition) is 0. The second kappa shape index (κ2) is 3.46. The fourth-order valence-electron chi connectivity index (χ4n) is 0.602. The molecule has 0 saturated heterocycles. The number of nitrogens with zero attached hydrogens (tertiary/aromatic N) is 2. The van der Waals surface area contributed by atoms with Crippen LogP contribution in [0.15, 0.2) is 29.5 Å². The third-order valence-corrected chi connectivity index (χ3v) is 1.44. The van der Waals surface area contributed by atoms with Crippen molar-refractivity contribution in [3.8, 4) is 0 Å².